The number of aliphatic hydroxyl groups excluding tert-OH is 3. The number of carbonyl (C=O) groups is 1. The molecule has 1 aromatic carbocycles. The van der Waals surface area contributed by atoms with Crippen LogP contribution in [0, 0.1) is 23.2 Å². The lowest BCUT2D eigenvalue weighted by Gasteiger charge is -2.50. The summed E-state index contributed by atoms with van der Waals surface area (Å²) in [5.41, 5.74) is 8.98. The third-order valence-corrected chi connectivity index (χ3v) is 11.0. The lowest BCUT2D eigenvalue weighted by Crippen LogP contribution is -2.44. The van der Waals surface area contributed by atoms with Crippen LogP contribution >= 0.6 is 0 Å². The molecule has 2 aromatic heterocycles. The van der Waals surface area contributed by atoms with Crippen molar-refractivity contribution in [2.24, 2.45) is 23.2 Å². The molecule has 10 atom stereocenters. The quantitative estimate of drug-likeness (QED) is 0.264. The number of aromatic hydroxyl groups is 1. The van der Waals surface area contributed by atoms with Crippen LogP contribution in [0.2, 0.25) is 0 Å². The number of ether oxygens (including phenoxy) is 2. The number of esters is 1. The van der Waals surface area contributed by atoms with Crippen molar-refractivity contribution < 1.29 is 34.7 Å². The Bertz CT molecular complexity index is 1530. The van der Waals surface area contributed by atoms with Crippen molar-refractivity contribution in [3.63, 3.8) is 0 Å². The number of hydrogen-bond acceptors (Lipinski definition) is 11. The van der Waals surface area contributed by atoms with Crippen LogP contribution in [0.3, 0.4) is 0 Å². The number of rotatable bonds is 6. The van der Waals surface area contributed by atoms with Crippen molar-refractivity contribution >= 4 is 23.0 Å². The average Bonchev–Trinajstić information content (AvgIpc) is 3.63. The van der Waals surface area contributed by atoms with Crippen LogP contribution < -0.4 is 5.73 Å². The Morgan fingerprint density at radius 3 is 2.86 bits per heavy atom. The molecule has 3 aliphatic carbocycles. The normalized spacial score (nSPS) is 36.7. The number of benzene rings is 1. The first kappa shape index (κ1) is 28.5. The number of phenolic OH excluding ortho intramolecular Hbond substituents is 1. The summed E-state index contributed by atoms with van der Waals surface area (Å²) in [6.07, 6.45) is 3.20. The number of carbonyl (C=O) groups excluding carboxylic acids is 1. The zero-order valence-electron chi connectivity index (χ0n) is 24.1. The van der Waals surface area contributed by atoms with Gasteiger partial charge in [0.05, 0.1) is 12.4 Å². The zero-order chi connectivity index (χ0) is 30.0. The van der Waals surface area contributed by atoms with Gasteiger partial charge in [0.25, 0.3) is 0 Å². The van der Waals surface area contributed by atoms with Crippen molar-refractivity contribution in [1.82, 2.24) is 19.5 Å². The standard InChI is InChI=1S/C31H39N5O7/c1-31-9-8-19-18-6-4-17(37)10-15(18)2-5-20(19)21(31)11-16(27(31)41)3-7-23(38)42-12-22-25(39)26(40)30(43-22)36-14-35-24-28(32)33-13-34-29(24)36/h4,6,10,13-14,16,19-22,25-27,30,37,39-41H,2-3,5,7-9,11-12H2,1H3,(H2,32,33,34)/t16-,19-,20-,21+,22-,25-,26-,27+,30-,31+/m1/s1. The number of imidazole rings is 1. The Balaban J connectivity index is 0.949. The summed E-state index contributed by atoms with van der Waals surface area (Å²) in [5.74, 6) is 1.39. The molecule has 0 spiro atoms. The molecule has 0 bridgehead atoms. The van der Waals surface area contributed by atoms with Crippen molar-refractivity contribution in [1.29, 1.82) is 0 Å². The summed E-state index contributed by atoms with van der Waals surface area (Å²) in [6.45, 7) is 2.00. The molecule has 3 fully saturated rings. The maximum absolute atomic E-state index is 12.8. The van der Waals surface area contributed by atoms with E-state index in [9.17, 15) is 25.2 Å². The van der Waals surface area contributed by atoms with Gasteiger partial charge in [0.15, 0.2) is 17.7 Å². The van der Waals surface area contributed by atoms with E-state index in [0.717, 1.165) is 32.1 Å². The smallest absolute Gasteiger partial charge is 0.305 e. The predicted octanol–water partition coefficient (Wildman–Crippen LogP) is 2.20. The minimum Gasteiger partial charge on any atom is -0.508 e. The molecule has 12 heteroatoms. The highest BCUT2D eigenvalue weighted by Gasteiger charge is 2.57. The number of aromatic nitrogens is 4. The van der Waals surface area contributed by atoms with Crippen molar-refractivity contribution in [2.75, 3.05) is 12.3 Å². The fourth-order valence-electron chi connectivity index (χ4n) is 8.70. The molecule has 4 aliphatic rings. The summed E-state index contributed by atoms with van der Waals surface area (Å²) < 4.78 is 12.8. The molecule has 2 saturated carbocycles. The first-order chi connectivity index (χ1) is 20.7. The molecule has 12 nitrogen and oxygen atoms in total. The first-order valence-corrected chi connectivity index (χ1v) is 15.3. The third kappa shape index (κ3) is 4.66. The lowest BCUT2D eigenvalue weighted by atomic mass is 9.55. The Morgan fingerprint density at radius 1 is 1.19 bits per heavy atom. The molecular weight excluding hydrogens is 554 g/mol. The Labute approximate surface area is 248 Å². The zero-order valence-corrected chi connectivity index (χ0v) is 24.1. The van der Waals surface area contributed by atoms with Crippen LogP contribution in [0.15, 0.2) is 30.9 Å². The molecule has 3 aromatic rings. The summed E-state index contributed by atoms with van der Waals surface area (Å²) in [4.78, 5) is 25.0. The lowest BCUT2D eigenvalue weighted by molar-refractivity contribution is -0.150. The number of nitrogens with zero attached hydrogens (tertiary/aromatic N) is 4. The van der Waals surface area contributed by atoms with E-state index in [1.165, 1.54) is 28.3 Å². The first-order valence-electron chi connectivity index (χ1n) is 15.3. The maximum atomic E-state index is 12.8. The fraction of sp³-hybridized carbons (Fsp3) is 0.613. The van der Waals surface area contributed by atoms with Crippen LogP contribution in [0.4, 0.5) is 5.82 Å². The largest absolute Gasteiger partial charge is 0.508 e. The molecule has 230 valence electrons. The van der Waals surface area contributed by atoms with Gasteiger partial charge in [-0.2, -0.15) is 0 Å². The number of nitrogen functional groups attached to an aromatic ring is 1. The Kier molecular flexibility index (Phi) is 7.07. The van der Waals surface area contributed by atoms with E-state index in [2.05, 4.69) is 27.9 Å². The van der Waals surface area contributed by atoms with Crippen LogP contribution in [0.1, 0.15) is 68.7 Å². The van der Waals surface area contributed by atoms with Gasteiger partial charge >= 0.3 is 5.97 Å². The Hall–Kier alpha value is -3.32. The van der Waals surface area contributed by atoms with Gasteiger partial charge in [-0.25, -0.2) is 15.0 Å². The van der Waals surface area contributed by atoms with E-state index in [1.54, 1.807) is 6.07 Å². The molecular formula is C31H39N5O7. The van der Waals surface area contributed by atoms with Crippen LogP contribution in [-0.2, 0) is 20.7 Å². The number of anilines is 1. The van der Waals surface area contributed by atoms with Crippen molar-refractivity contribution in [3.05, 3.63) is 42.0 Å². The number of hydrogen-bond donors (Lipinski definition) is 5. The van der Waals surface area contributed by atoms with E-state index in [4.69, 9.17) is 15.2 Å². The minimum atomic E-state index is -1.30. The summed E-state index contributed by atoms with van der Waals surface area (Å²) in [7, 11) is 0. The molecule has 1 aliphatic heterocycles. The van der Waals surface area contributed by atoms with Crippen LogP contribution in [0.5, 0.6) is 5.75 Å². The van der Waals surface area contributed by atoms with Gasteiger partial charge in [0.2, 0.25) is 0 Å². The average molecular weight is 594 g/mol. The fourth-order valence-corrected chi connectivity index (χ4v) is 8.70. The van der Waals surface area contributed by atoms with Gasteiger partial charge < -0.3 is 35.6 Å². The summed E-state index contributed by atoms with van der Waals surface area (Å²) >= 11 is 0. The van der Waals surface area contributed by atoms with Gasteiger partial charge in [-0.05, 0) is 90.9 Å². The monoisotopic (exact) mass is 593 g/mol. The highest BCUT2D eigenvalue weighted by atomic mass is 16.6. The van der Waals surface area contributed by atoms with E-state index in [0.29, 0.717) is 41.1 Å². The molecule has 7 rings (SSSR count). The molecule has 0 unspecified atom stereocenters. The van der Waals surface area contributed by atoms with E-state index in [-0.39, 0.29) is 30.2 Å². The molecule has 1 saturated heterocycles. The minimum absolute atomic E-state index is 0.00554. The Morgan fingerprint density at radius 2 is 2.02 bits per heavy atom. The topological polar surface area (TPSA) is 186 Å². The van der Waals surface area contributed by atoms with Crippen molar-refractivity contribution in [3.8, 4) is 5.75 Å². The van der Waals surface area contributed by atoms with E-state index >= 15 is 0 Å². The number of nitrogens with two attached hydrogens (primary N) is 1. The summed E-state index contributed by atoms with van der Waals surface area (Å²) in [6, 6.07) is 5.77. The number of fused-ring (bicyclic) bond motifs is 6. The maximum Gasteiger partial charge on any atom is 0.305 e. The number of phenols is 1. The van der Waals surface area contributed by atoms with Gasteiger partial charge in [0, 0.05) is 6.42 Å². The summed E-state index contributed by atoms with van der Waals surface area (Å²) in [5, 5.41) is 42.7. The molecule has 3 heterocycles. The molecule has 43 heavy (non-hydrogen) atoms. The number of aryl methyl sites for hydroxylation is 1. The molecule has 6 N–H and O–H groups in total. The van der Waals surface area contributed by atoms with E-state index < -0.39 is 36.6 Å². The second-order valence-electron chi connectivity index (χ2n) is 13.1. The second kappa shape index (κ2) is 10.7. The number of aliphatic hydroxyl groups is 3. The SMILES string of the molecule is C[C@]12CC[C@@H]3c4ccc(O)cc4CC[C@H]3[C@@H]1C[C@@H](CCC(=O)OC[C@H]1O[C@@H](n3cnc4c(N)ncnc43)[C@H](O)[C@@H]1O)[C@@H]2O. The van der Waals surface area contributed by atoms with Gasteiger partial charge in [-0.3, -0.25) is 9.36 Å². The van der Waals surface area contributed by atoms with Crippen LogP contribution in [-0.4, -0.2) is 76.9 Å². The van der Waals surface area contributed by atoms with Gasteiger partial charge in [0.1, 0.15) is 42.5 Å². The van der Waals surface area contributed by atoms with E-state index in [1.807, 2.05) is 6.07 Å². The van der Waals surface area contributed by atoms with Gasteiger partial charge in [-0.15, -0.1) is 0 Å². The second-order valence-corrected chi connectivity index (χ2v) is 13.1. The predicted molar refractivity (Wildman–Crippen MR) is 153 cm³/mol. The van der Waals surface area contributed by atoms with Crippen LogP contribution in [0.25, 0.3) is 11.2 Å². The highest BCUT2D eigenvalue weighted by molar-refractivity contribution is 5.81. The van der Waals surface area contributed by atoms with Crippen molar-refractivity contribution in [2.45, 2.75) is 88.4 Å². The van der Waals surface area contributed by atoms with Gasteiger partial charge in [-0.1, -0.05) is 13.0 Å². The highest BCUT2D eigenvalue weighted by Crippen LogP contribution is 2.62. The molecule has 0 radical (unpaired) electrons. The molecule has 0 amide bonds. The third-order valence-electron chi connectivity index (χ3n) is 11.0.